The van der Waals surface area contributed by atoms with Gasteiger partial charge in [-0.1, -0.05) is 48.0 Å². The number of nitrogens with zero attached hydrogens (tertiary/aromatic N) is 1. The summed E-state index contributed by atoms with van der Waals surface area (Å²) >= 11 is 0. The van der Waals surface area contributed by atoms with Crippen molar-refractivity contribution in [3.8, 4) is 0 Å². The van der Waals surface area contributed by atoms with Gasteiger partial charge in [0.1, 0.15) is 12.1 Å². The maximum atomic E-state index is 12.8. The van der Waals surface area contributed by atoms with E-state index in [1.54, 1.807) is 43.3 Å². The Balaban J connectivity index is 1.75. The van der Waals surface area contributed by atoms with E-state index >= 15 is 0 Å². The first-order valence-electron chi connectivity index (χ1n) is 7.96. The van der Waals surface area contributed by atoms with Gasteiger partial charge in [0.05, 0.1) is 0 Å². The second-order valence-electron chi connectivity index (χ2n) is 6.23. The fourth-order valence-electron chi connectivity index (χ4n) is 2.79. The van der Waals surface area contributed by atoms with Crippen molar-refractivity contribution in [3.63, 3.8) is 0 Å². The largest absolute Gasteiger partial charge is 0.325 e. The van der Waals surface area contributed by atoms with Crippen molar-refractivity contribution < 1.29 is 14.4 Å². The highest BCUT2D eigenvalue weighted by atomic mass is 16.2. The Hall–Kier alpha value is -3.15. The highest BCUT2D eigenvalue weighted by molar-refractivity contribution is 6.10. The van der Waals surface area contributed by atoms with Crippen LogP contribution in [0.15, 0.2) is 54.6 Å². The first-order chi connectivity index (χ1) is 11.9. The summed E-state index contributed by atoms with van der Waals surface area (Å²) in [7, 11) is 0. The van der Waals surface area contributed by atoms with Gasteiger partial charge in [-0.15, -0.1) is 0 Å². The van der Waals surface area contributed by atoms with Crippen molar-refractivity contribution in [3.05, 3.63) is 65.7 Å². The van der Waals surface area contributed by atoms with Crippen molar-refractivity contribution in [1.82, 2.24) is 10.2 Å². The molecule has 6 heteroatoms. The van der Waals surface area contributed by atoms with Crippen LogP contribution in [0.25, 0.3) is 0 Å². The molecule has 1 atom stereocenters. The number of para-hydroxylation sites is 1. The zero-order valence-corrected chi connectivity index (χ0v) is 14.1. The molecule has 1 fully saturated rings. The Kier molecular flexibility index (Phi) is 4.27. The van der Waals surface area contributed by atoms with Gasteiger partial charge in [-0.05, 0) is 31.5 Å². The van der Waals surface area contributed by atoms with Crippen LogP contribution in [0.1, 0.15) is 18.1 Å². The number of carbonyl (C=O) groups is 3. The molecule has 4 amide bonds. The summed E-state index contributed by atoms with van der Waals surface area (Å²) < 4.78 is 0. The van der Waals surface area contributed by atoms with Gasteiger partial charge >= 0.3 is 6.03 Å². The second kappa shape index (κ2) is 6.39. The molecule has 1 aliphatic rings. The normalized spacial score (nSPS) is 19.7. The molecule has 2 aromatic rings. The zero-order chi connectivity index (χ0) is 18.0. The van der Waals surface area contributed by atoms with E-state index in [0.29, 0.717) is 11.3 Å². The predicted molar refractivity (Wildman–Crippen MR) is 93.8 cm³/mol. The summed E-state index contributed by atoms with van der Waals surface area (Å²) in [6, 6.07) is 15.7. The first kappa shape index (κ1) is 16.7. The molecular formula is C19H19N3O3. The average Bonchev–Trinajstić information content (AvgIpc) is 2.80. The third kappa shape index (κ3) is 3.24. The molecule has 2 N–H and O–H groups in total. The van der Waals surface area contributed by atoms with Crippen molar-refractivity contribution in [2.24, 2.45) is 0 Å². The number of aryl methyl sites for hydroxylation is 1. The molecule has 128 valence electrons. The SMILES string of the molecule is Cc1ccc(C2(C)NC(=O)N(CC(=O)Nc3ccccc3)C2=O)cc1. The van der Waals surface area contributed by atoms with E-state index in [9.17, 15) is 14.4 Å². The van der Waals surface area contributed by atoms with Crippen LogP contribution in [-0.4, -0.2) is 29.3 Å². The highest BCUT2D eigenvalue weighted by Gasteiger charge is 2.49. The summed E-state index contributed by atoms with van der Waals surface area (Å²) in [5.41, 5.74) is 1.18. The fraction of sp³-hybridized carbons (Fsp3) is 0.211. The van der Waals surface area contributed by atoms with Gasteiger partial charge in [0.2, 0.25) is 5.91 Å². The van der Waals surface area contributed by atoms with Gasteiger partial charge in [-0.3, -0.25) is 14.5 Å². The Morgan fingerprint density at radius 1 is 1.08 bits per heavy atom. The molecule has 1 aliphatic heterocycles. The highest BCUT2D eigenvalue weighted by Crippen LogP contribution is 2.28. The maximum Gasteiger partial charge on any atom is 0.325 e. The van der Waals surface area contributed by atoms with Crippen molar-refractivity contribution in [2.45, 2.75) is 19.4 Å². The van der Waals surface area contributed by atoms with Gasteiger partial charge in [-0.25, -0.2) is 4.79 Å². The quantitative estimate of drug-likeness (QED) is 0.841. The molecule has 2 aromatic carbocycles. The number of benzene rings is 2. The fourth-order valence-corrected chi connectivity index (χ4v) is 2.79. The molecule has 0 saturated carbocycles. The van der Waals surface area contributed by atoms with Crippen LogP contribution in [0.5, 0.6) is 0 Å². The predicted octanol–water partition coefficient (Wildman–Crippen LogP) is 2.40. The Labute approximate surface area is 145 Å². The van der Waals surface area contributed by atoms with Gasteiger partial charge in [0, 0.05) is 5.69 Å². The van der Waals surface area contributed by atoms with Gasteiger partial charge in [0.25, 0.3) is 5.91 Å². The average molecular weight is 337 g/mol. The van der Waals surface area contributed by atoms with E-state index in [0.717, 1.165) is 10.5 Å². The van der Waals surface area contributed by atoms with Crippen molar-refractivity contribution in [2.75, 3.05) is 11.9 Å². The summed E-state index contributed by atoms with van der Waals surface area (Å²) in [6.07, 6.45) is 0. The Morgan fingerprint density at radius 2 is 1.72 bits per heavy atom. The molecule has 0 radical (unpaired) electrons. The molecule has 0 spiro atoms. The number of carbonyl (C=O) groups excluding carboxylic acids is 3. The van der Waals surface area contributed by atoms with Crippen LogP contribution in [0, 0.1) is 6.92 Å². The van der Waals surface area contributed by atoms with E-state index in [1.165, 1.54) is 0 Å². The lowest BCUT2D eigenvalue weighted by Gasteiger charge is -2.22. The summed E-state index contributed by atoms with van der Waals surface area (Å²) in [4.78, 5) is 38.1. The first-order valence-corrected chi connectivity index (χ1v) is 7.96. The molecular weight excluding hydrogens is 318 g/mol. The maximum absolute atomic E-state index is 12.8. The molecule has 6 nitrogen and oxygen atoms in total. The molecule has 1 unspecified atom stereocenters. The summed E-state index contributed by atoms with van der Waals surface area (Å²) in [5.74, 6) is -0.868. The molecule has 3 rings (SSSR count). The lowest BCUT2D eigenvalue weighted by molar-refractivity contribution is -0.133. The molecule has 0 aromatic heterocycles. The van der Waals surface area contributed by atoms with E-state index in [4.69, 9.17) is 0 Å². The van der Waals surface area contributed by atoms with E-state index in [1.807, 2.05) is 25.1 Å². The monoisotopic (exact) mass is 337 g/mol. The number of hydrogen-bond acceptors (Lipinski definition) is 3. The Bertz CT molecular complexity index is 818. The van der Waals surface area contributed by atoms with Crippen LogP contribution in [0.4, 0.5) is 10.5 Å². The third-order valence-electron chi connectivity index (χ3n) is 4.26. The van der Waals surface area contributed by atoms with Crippen LogP contribution in [0.2, 0.25) is 0 Å². The number of nitrogens with one attached hydrogen (secondary N) is 2. The van der Waals surface area contributed by atoms with E-state index in [-0.39, 0.29) is 6.54 Å². The minimum atomic E-state index is -1.17. The molecule has 1 saturated heterocycles. The number of rotatable bonds is 4. The van der Waals surface area contributed by atoms with Gasteiger partial charge in [0.15, 0.2) is 0 Å². The van der Waals surface area contributed by atoms with E-state index < -0.39 is 23.4 Å². The smallest absolute Gasteiger partial charge is 0.325 e. The molecule has 0 bridgehead atoms. The number of amides is 4. The lowest BCUT2D eigenvalue weighted by Crippen LogP contribution is -2.42. The molecule has 25 heavy (non-hydrogen) atoms. The molecule has 1 heterocycles. The number of anilines is 1. The Morgan fingerprint density at radius 3 is 2.36 bits per heavy atom. The van der Waals surface area contributed by atoms with E-state index in [2.05, 4.69) is 10.6 Å². The van der Waals surface area contributed by atoms with Crippen LogP contribution in [0.3, 0.4) is 0 Å². The molecule has 0 aliphatic carbocycles. The van der Waals surface area contributed by atoms with Gasteiger partial charge in [-0.2, -0.15) is 0 Å². The minimum Gasteiger partial charge on any atom is -0.325 e. The van der Waals surface area contributed by atoms with Crippen molar-refractivity contribution >= 4 is 23.5 Å². The van der Waals surface area contributed by atoms with Crippen LogP contribution in [-0.2, 0) is 15.1 Å². The summed E-state index contributed by atoms with van der Waals surface area (Å²) in [5, 5.41) is 5.36. The number of imide groups is 1. The standard InChI is InChI=1S/C19H19N3O3/c1-13-8-10-14(11-9-13)19(2)17(24)22(18(25)21-19)12-16(23)20-15-6-4-3-5-7-15/h3-11H,12H2,1-2H3,(H,20,23)(H,21,25). The minimum absolute atomic E-state index is 0.332. The van der Waals surface area contributed by atoms with Gasteiger partial charge < -0.3 is 10.6 Å². The number of urea groups is 1. The van der Waals surface area contributed by atoms with Crippen LogP contribution >= 0.6 is 0 Å². The third-order valence-corrected chi connectivity index (χ3v) is 4.26. The second-order valence-corrected chi connectivity index (χ2v) is 6.23. The summed E-state index contributed by atoms with van der Waals surface area (Å²) in [6.45, 7) is 3.26. The zero-order valence-electron chi connectivity index (χ0n) is 14.1. The topological polar surface area (TPSA) is 78.5 Å². The van der Waals surface area contributed by atoms with Crippen LogP contribution < -0.4 is 10.6 Å². The lowest BCUT2D eigenvalue weighted by atomic mass is 9.91. The number of hydrogen-bond donors (Lipinski definition) is 2. The van der Waals surface area contributed by atoms with Crippen molar-refractivity contribution in [1.29, 1.82) is 0 Å².